The van der Waals surface area contributed by atoms with Crippen molar-refractivity contribution in [1.82, 2.24) is 19.0 Å². The summed E-state index contributed by atoms with van der Waals surface area (Å²) in [5.74, 6) is -0.317. The first-order chi connectivity index (χ1) is 15.3. The minimum Gasteiger partial charge on any atom is -0.342 e. The molecule has 2 amide bonds. The van der Waals surface area contributed by atoms with Crippen molar-refractivity contribution < 1.29 is 22.4 Å². The highest BCUT2D eigenvalue weighted by atomic mass is 32.2. The van der Waals surface area contributed by atoms with Crippen LogP contribution in [0.15, 0.2) is 29.2 Å². The Hall–Kier alpha value is -2.04. The Morgan fingerprint density at radius 2 is 1.50 bits per heavy atom. The molecule has 0 aliphatic carbocycles. The van der Waals surface area contributed by atoms with E-state index in [9.17, 15) is 22.4 Å². The summed E-state index contributed by atoms with van der Waals surface area (Å²) >= 11 is 0. The third-order valence-corrected chi connectivity index (χ3v) is 8.05. The van der Waals surface area contributed by atoms with E-state index in [4.69, 9.17) is 0 Å². The molecule has 0 unspecified atom stereocenters. The van der Waals surface area contributed by atoms with Crippen LogP contribution in [0.1, 0.15) is 32.1 Å². The van der Waals surface area contributed by atoms with Crippen LogP contribution in [0.25, 0.3) is 0 Å². The molecule has 2 aliphatic heterocycles. The summed E-state index contributed by atoms with van der Waals surface area (Å²) in [5, 5.41) is 0. The van der Waals surface area contributed by atoms with E-state index in [1.54, 1.807) is 4.90 Å². The first kappa shape index (κ1) is 24.6. The van der Waals surface area contributed by atoms with Gasteiger partial charge in [0.2, 0.25) is 21.8 Å². The molecular formula is C22H33FN4O4S. The molecule has 2 aliphatic rings. The van der Waals surface area contributed by atoms with Crippen molar-refractivity contribution in [3.63, 3.8) is 0 Å². The van der Waals surface area contributed by atoms with Gasteiger partial charge in [0, 0.05) is 59.3 Å². The molecule has 8 nitrogen and oxygen atoms in total. The van der Waals surface area contributed by atoms with Crippen LogP contribution in [-0.4, -0.2) is 98.6 Å². The zero-order valence-corrected chi connectivity index (χ0v) is 19.5. The summed E-state index contributed by atoms with van der Waals surface area (Å²) in [5.41, 5.74) is 0. The minimum atomic E-state index is -3.71. The van der Waals surface area contributed by atoms with Crippen LogP contribution in [0.5, 0.6) is 0 Å². The van der Waals surface area contributed by atoms with Crippen LogP contribution in [0, 0.1) is 5.82 Å². The van der Waals surface area contributed by atoms with Gasteiger partial charge in [-0.05, 0) is 49.9 Å². The van der Waals surface area contributed by atoms with Crippen molar-refractivity contribution in [2.24, 2.45) is 0 Å². The lowest BCUT2D eigenvalue weighted by atomic mass is 10.1. The molecule has 10 heteroatoms. The second-order valence-corrected chi connectivity index (χ2v) is 10.5. The Balaban J connectivity index is 1.37. The number of carbonyl (C=O) groups is 2. The Morgan fingerprint density at radius 1 is 0.906 bits per heavy atom. The molecule has 2 saturated heterocycles. The summed E-state index contributed by atoms with van der Waals surface area (Å²) in [6.45, 7) is 4.81. The van der Waals surface area contributed by atoms with Gasteiger partial charge in [-0.1, -0.05) is 0 Å². The van der Waals surface area contributed by atoms with Gasteiger partial charge in [-0.3, -0.25) is 14.5 Å². The third kappa shape index (κ3) is 6.49. The van der Waals surface area contributed by atoms with Crippen LogP contribution in [0.4, 0.5) is 4.39 Å². The maximum Gasteiger partial charge on any atom is 0.242 e. The molecule has 0 saturated carbocycles. The predicted octanol–water partition coefficient (Wildman–Crippen LogP) is 1.38. The predicted molar refractivity (Wildman–Crippen MR) is 119 cm³/mol. The van der Waals surface area contributed by atoms with E-state index in [2.05, 4.69) is 4.90 Å². The van der Waals surface area contributed by atoms with Crippen molar-refractivity contribution in [3.8, 4) is 0 Å². The number of nitrogens with zero attached hydrogens (tertiary/aromatic N) is 4. The van der Waals surface area contributed by atoms with Gasteiger partial charge in [0.1, 0.15) is 5.82 Å². The molecule has 0 spiro atoms. The highest BCUT2D eigenvalue weighted by Gasteiger charge is 2.25. The van der Waals surface area contributed by atoms with Crippen LogP contribution in [0.2, 0.25) is 0 Å². The number of likely N-dealkylation sites (tertiary alicyclic amines) is 1. The van der Waals surface area contributed by atoms with Gasteiger partial charge in [-0.25, -0.2) is 17.1 Å². The number of carbonyl (C=O) groups excluding carboxylic acids is 2. The second-order valence-electron chi connectivity index (χ2n) is 8.48. The monoisotopic (exact) mass is 468 g/mol. The fourth-order valence-electron chi connectivity index (χ4n) is 4.11. The van der Waals surface area contributed by atoms with Gasteiger partial charge in [0.05, 0.1) is 11.4 Å². The Morgan fingerprint density at radius 3 is 2.12 bits per heavy atom. The average Bonchev–Trinajstić information content (AvgIpc) is 2.80. The number of piperazine rings is 1. The molecule has 0 bridgehead atoms. The summed E-state index contributed by atoms with van der Waals surface area (Å²) < 4.78 is 39.3. The molecule has 3 rings (SSSR count). The molecule has 1 aromatic rings. The first-order valence-corrected chi connectivity index (χ1v) is 12.7. The van der Waals surface area contributed by atoms with E-state index in [0.29, 0.717) is 39.1 Å². The summed E-state index contributed by atoms with van der Waals surface area (Å²) in [7, 11) is -2.25. The number of benzene rings is 1. The van der Waals surface area contributed by atoms with E-state index in [1.165, 1.54) is 29.9 Å². The maximum absolute atomic E-state index is 13.0. The number of hydrogen-bond donors (Lipinski definition) is 0. The minimum absolute atomic E-state index is 0.000382. The van der Waals surface area contributed by atoms with Crippen molar-refractivity contribution >= 4 is 21.8 Å². The Labute approximate surface area is 190 Å². The second kappa shape index (κ2) is 11.2. The van der Waals surface area contributed by atoms with Crippen LogP contribution < -0.4 is 0 Å². The lowest BCUT2D eigenvalue weighted by Crippen LogP contribution is -2.52. The van der Waals surface area contributed by atoms with E-state index >= 15 is 0 Å². The molecule has 32 heavy (non-hydrogen) atoms. The van der Waals surface area contributed by atoms with Crippen molar-refractivity contribution in [2.75, 3.05) is 59.4 Å². The highest BCUT2D eigenvalue weighted by molar-refractivity contribution is 7.89. The van der Waals surface area contributed by atoms with Crippen LogP contribution in [-0.2, 0) is 19.6 Å². The number of piperidine rings is 1. The van der Waals surface area contributed by atoms with Crippen molar-refractivity contribution in [1.29, 1.82) is 0 Å². The van der Waals surface area contributed by atoms with E-state index in [-0.39, 0.29) is 29.7 Å². The zero-order valence-electron chi connectivity index (χ0n) is 18.7. The summed E-state index contributed by atoms with van der Waals surface area (Å²) in [4.78, 5) is 30.8. The van der Waals surface area contributed by atoms with Crippen LogP contribution in [0.3, 0.4) is 0 Å². The van der Waals surface area contributed by atoms with E-state index in [1.807, 2.05) is 4.90 Å². The van der Waals surface area contributed by atoms with Gasteiger partial charge >= 0.3 is 0 Å². The number of rotatable bonds is 8. The number of halogens is 1. The lowest BCUT2D eigenvalue weighted by molar-refractivity contribution is -0.135. The quantitative estimate of drug-likeness (QED) is 0.576. The maximum atomic E-state index is 13.0. The Kier molecular flexibility index (Phi) is 8.61. The smallest absolute Gasteiger partial charge is 0.242 e. The van der Waals surface area contributed by atoms with Crippen LogP contribution >= 0.6 is 0 Å². The largest absolute Gasteiger partial charge is 0.342 e. The standard InChI is InChI=1S/C22H33FN4O4S/c1-24(32(30,31)20-9-7-19(23)8-10-20)11-5-6-21(28)27-16-14-25(15-17-27)18-22(29)26-12-3-2-4-13-26/h7-10H,2-6,11-18H2,1H3. The number of amides is 2. The van der Waals surface area contributed by atoms with E-state index < -0.39 is 15.8 Å². The fraction of sp³-hybridized carbons (Fsp3) is 0.636. The number of hydrogen-bond acceptors (Lipinski definition) is 5. The summed E-state index contributed by atoms with van der Waals surface area (Å²) in [6.07, 6.45) is 4.01. The van der Waals surface area contributed by atoms with Gasteiger partial charge in [-0.2, -0.15) is 0 Å². The number of sulfonamides is 1. The molecular weight excluding hydrogens is 435 g/mol. The molecule has 0 N–H and O–H groups in total. The lowest BCUT2D eigenvalue weighted by Gasteiger charge is -2.36. The fourth-order valence-corrected chi connectivity index (χ4v) is 5.32. The topological polar surface area (TPSA) is 81.2 Å². The molecule has 2 heterocycles. The first-order valence-electron chi connectivity index (χ1n) is 11.3. The van der Waals surface area contributed by atoms with Crippen molar-refractivity contribution in [3.05, 3.63) is 30.1 Å². The highest BCUT2D eigenvalue weighted by Crippen LogP contribution is 2.16. The molecule has 1 aromatic carbocycles. The summed E-state index contributed by atoms with van der Waals surface area (Å²) in [6, 6.07) is 4.71. The van der Waals surface area contributed by atoms with Gasteiger partial charge in [-0.15, -0.1) is 0 Å². The van der Waals surface area contributed by atoms with Gasteiger partial charge in [0.15, 0.2) is 0 Å². The average molecular weight is 469 g/mol. The van der Waals surface area contributed by atoms with Gasteiger partial charge in [0.25, 0.3) is 0 Å². The normalized spacial score (nSPS) is 18.2. The molecule has 0 radical (unpaired) electrons. The molecule has 0 aromatic heterocycles. The third-order valence-electron chi connectivity index (χ3n) is 6.18. The molecule has 178 valence electrons. The Bertz CT molecular complexity index is 880. The van der Waals surface area contributed by atoms with Crippen molar-refractivity contribution in [2.45, 2.75) is 37.0 Å². The molecule has 0 atom stereocenters. The van der Waals surface area contributed by atoms with E-state index in [0.717, 1.165) is 38.1 Å². The SMILES string of the molecule is CN(CCCC(=O)N1CCN(CC(=O)N2CCCCC2)CC1)S(=O)(=O)c1ccc(F)cc1. The molecule has 2 fully saturated rings. The zero-order chi connectivity index (χ0) is 23.1. The van der Waals surface area contributed by atoms with Gasteiger partial charge < -0.3 is 9.80 Å².